The Balaban J connectivity index is 1.65. The highest BCUT2D eigenvalue weighted by molar-refractivity contribution is 5.70. The van der Waals surface area contributed by atoms with Crippen molar-refractivity contribution in [2.24, 2.45) is 17.8 Å². The molecule has 2 atom stereocenters. The molecule has 8 nitrogen and oxygen atoms in total. The molecule has 0 aliphatic carbocycles. The zero-order chi connectivity index (χ0) is 21.9. The molecule has 164 valence electrons. The average Bonchev–Trinajstić information content (AvgIpc) is 2.64. The summed E-state index contributed by atoms with van der Waals surface area (Å²) in [6.45, 7) is 7.09. The maximum Gasteiger partial charge on any atom is 0.410 e. The number of hydrogen-bond donors (Lipinski definition) is 1. The molecule has 2 aliphatic rings. The summed E-state index contributed by atoms with van der Waals surface area (Å²) in [4.78, 5) is 39.8. The molecule has 2 aliphatic heterocycles. The maximum atomic E-state index is 12.6. The molecule has 0 aromatic heterocycles. The zero-order valence-electron chi connectivity index (χ0n) is 17.7. The lowest BCUT2D eigenvalue weighted by molar-refractivity contribution is -0.141. The molecule has 8 heteroatoms. The Labute approximate surface area is 176 Å². The summed E-state index contributed by atoms with van der Waals surface area (Å²) in [5.74, 6) is -1.21. The molecule has 0 radical (unpaired) electrons. The standard InChI is InChI=1S/C22H30N2O6/c1-22(2,3)30-21(28)24-12-16-10-23(11-17(13-24)18(16)9-19(25)26)20(27)29-14-15-7-5-4-6-8-15/h4-8,16-18H,9-14H2,1-3H3,(H,25,26). The fourth-order valence-corrected chi connectivity index (χ4v) is 4.29. The maximum absolute atomic E-state index is 12.6. The van der Waals surface area contributed by atoms with Crippen LogP contribution in [0.4, 0.5) is 9.59 Å². The first-order valence-corrected chi connectivity index (χ1v) is 10.3. The number of piperidine rings is 2. The van der Waals surface area contributed by atoms with Gasteiger partial charge in [-0.3, -0.25) is 4.79 Å². The first-order chi connectivity index (χ1) is 14.1. The number of carbonyl (C=O) groups is 3. The fourth-order valence-electron chi connectivity index (χ4n) is 4.29. The Kier molecular flexibility index (Phi) is 6.53. The van der Waals surface area contributed by atoms with Crippen molar-refractivity contribution in [1.29, 1.82) is 0 Å². The molecule has 1 N–H and O–H groups in total. The van der Waals surface area contributed by atoms with Crippen molar-refractivity contribution < 1.29 is 29.0 Å². The normalized spacial score (nSPS) is 23.6. The van der Waals surface area contributed by atoms with E-state index in [4.69, 9.17) is 9.47 Å². The lowest BCUT2D eigenvalue weighted by Crippen LogP contribution is -2.60. The molecule has 1 aromatic rings. The number of benzene rings is 1. The minimum absolute atomic E-state index is 0.0321. The molecular formula is C22H30N2O6. The van der Waals surface area contributed by atoms with Gasteiger partial charge in [0.1, 0.15) is 12.2 Å². The van der Waals surface area contributed by atoms with Crippen LogP contribution >= 0.6 is 0 Å². The largest absolute Gasteiger partial charge is 0.481 e. The van der Waals surface area contributed by atoms with E-state index in [2.05, 4.69) is 0 Å². The third-order valence-corrected chi connectivity index (χ3v) is 5.56. The van der Waals surface area contributed by atoms with E-state index >= 15 is 0 Å². The molecule has 2 unspecified atom stereocenters. The number of carboxylic acids is 1. The van der Waals surface area contributed by atoms with Crippen molar-refractivity contribution in [2.45, 2.75) is 39.4 Å². The number of hydrogen-bond acceptors (Lipinski definition) is 5. The second-order valence-electron chi connectivity index (χ2n) is 9.11. The third kappa shape index (κ3) is 5.64. The average molecular weight is 418 g/mol. The number of aliphatic carboxylic acids is 1. The topological polar surface area (TPSA) is 96.4 Å². The van der Waals surface area contributed by atoms with Crippen LogP contribution in [0.25, 0.3) is 0 Å². The molecule has 2 saturated heterocycles. The minimum atomic E-state index is -0.860. The summed E-state index contributed by atoms with van der Waals surface area (Å²) in [7, 11) is 0. The Morgan fingerprint density at radius 3 is 2.00 bits per heavy atom. The van der Waals surface area contributed by atoms with Gasteiger partial charge >= 0.3 is 18.2 Å². The van der Waals surface area contributed by atoms with Gasteiger partial charge in [0, 0.05) is 32.6 Å². The number of rotatable bonds is 4. The number of carbonyl (C=O) groups excluding carboxylic acids is 2. The van der Waals surface area contributed by atoms with Crippen molar-refractivity contribution in [3.63, 3.8) is 0 Å². The second-order valence-corrected chi connectivity index (χ2v) is 9.11. The number of carboxylic acid groups (broad SMARTS) is 1. The summed E-state index contributed by atoms with van der Waals surface area (Å²) in [5.41, 5.74) is 0.306. The molecule has 0 spiro atoms. The molecule has 2 fully saturated rings. The number of nitrogens with zero attached hydrogens (tertiary/aromatic N) is 2. The van der Waals surface area contributed by atoms with Crippen molar-refractivity contribution >= 4 is 18.2 Å². The van der Waals surface area contributed by atoms with Gasteiger partial charge < -0.3 is 24.4 Å². The number of likely N-dealkylation sites (tertiary alicyclic amines) is 2. The number of ether oxygens (including phenoxy) is 2. The smallest absolute Gasteiger partial charge is 0.410 e. The van der Waals surface area contributed by atoms with Crippen molar-refractivity contribution in [3.8, 4) is 0 Å². The highest BCUT2D eigenvalue weighted by Gasteiger charge is 2.46. The van der Waals surface area contributed by atoms with E-state index in [1.54, 1.807) is 9.80 Å². The van der Waals surface area contributed by atoms with E-state index in [0.717, 1.165) is 5.56 Å². The predicted molar refractivity (Wildman–Crippen MR) is 109 cm³/mol. The van der Waals surface area contributed by atoms with Gasteiger partial charge in [0.2, 0.25) is 0 Å². The van der Waals surface area contributed by atoms with E-state index in [1.807, 2.05) is 51.1 Å². The van der Waals surface area contributed by atoms with Gasteiger partial charge in [0.25, 0.3) is 0 Å². The van der Waals surface area contributed by atoms with E-state index < -0.39 is 23.8 Å². The van der Waals surface area contributed by atoms with Crippen LogP contribution in [0.15, 0.2) is 30.3 Å². The number of amides is 2. The Bertz CT molecular complexity index is 760. The quantitative estimate of drug-likeness (QED) is 0.807. The van der Waals surface area contributed by atoms with Crippen LogP contribution in [0.3, 0.4) is 0 Å². The Morgan fingerprint density at radius 2 is 1.50 bits per heavy atom. The fraction of sp³-hybridized carbons (Fsp3) is 0.591. The van der Waals surface area contributed by atoms with E-state index in [9.17, 15) is 19.5 Å². The van der Waals surface area contributed by atoms with E-state index in [-0.39, 0.29) is 30.8 Å². The van der Waals surface area contributed by atoms with Crippen LogP contribution in [-0.4, -0.2) is 64.8 Å². The Hall–Kier alpha value is -2.77. The summed E-state index contributed by atoms with van der Waals surface area (Å²) >= 11 is 0. The minimum Gasteiger partial charge on any atom is -0.481 e. The third-order valence-electron chi connectivity index (χ3n) is 5.56. The van der Waals surface area contributed by atoms with Crippen LogP contribution in [0, 0.1) is 17.8 Å². The van der Waals surface area contributed by atoms with Gasteiger partial charge in [-0.25, -0.2) is 9.59 Å². The van der Waals surface area contributed by atoms with Gasteiger partial charge in [0.15, 0.2) is 0 Å². The van der Waals surface area contributed by atoms with E-state index in [1.165, 1.54) is 0 Å². The van der Waals surface area contributed by atoms with Gasteiger partial charge in [-0.15, -0.1) is 0 Å². The predicted octanol–water partition coefficient (Wildman–Crippen LogP) is 3.21. The lowest BCUT2D eigenvalue weighted by atomic mass is 9.72. The zero-order valence-corrected chi connectivity index (χ0v) is 17.7. The van der Waals surface area contributed by atoms with Crippen LogP contribution in [0.1, 0.15) is 32.8 Å². The van der Waals surface area contributed by atoms with Gasteiger partial charge in [-0.05, 0) is 44.1 Å². The van der Waals surface area contributed by atoms with Crippen LogP contribution < -0.4 is 0 Å². The van der Waals surface area contributed by atoms with Gasteiger partial charge in [-0.1, -0.05) is 30.3 Å². The Morgan fingerprint density at radius 1 is 0.967 bits per heavy atom. The molecule has 2 amide bonds. The molecule has 0 saturated carbocycles. The highest BCUT2D eigenvalue weighted by atomic mass is 16.6. The van der Waals surface area contributed by atoms with Crippen molar-refractivity contribution in [3.05, 3.63) is 35.9 Å². The summed E-state index contributed by atoms with van der Waals surface area (Å²) < 4.78 is 10.9. The van der Waals surface area contributed by atoms with Crippen molar-refractivity contribution in [2.75, 3.05) is 26.2 Å². The van der Waals surface area contributed by atoms with Crippen LogP contribution in [0.2, 0.25) is 0 Å². The molecule has 2 bridgehead atoms. The van der Waals surface area contributed by atoms with Crippen LogP contribution in [-0.2, 0) is 20.9 Å². The van der Waals surface area contributed by atoms with Gasteiger partial charge in [-0.2, -0.15) is 0 Å². The monoisotopic (exact) mass is 418 g/mol. The molecule has 1 aromatic carbocycles. The number of fused-ring (bicyclic) bond motifs is 2. The molecular weight excluding hydrogens is 388 g/mol. The first-order valence-electron chi connectivity index (χ1n) is 10.3. The van der Waals surface area contributed by atoms with Gasteiger partial charge in [0.05, 0.1) is 0 Å². The second kappa shape index (κ2) is 8.93. The molecule has 30 heavy (non-hydrogen) atoms. The highest BCUT2D eigenvalue weighted by Crippen LogP contribution is 2.37. The SMILES string of the molecule is CC(C)(C)OC(=O)N1CC2CN(C(=O)OCc3ccccc3)CC(C1)C2CC(=O)O. The van der Waals surface area contributed by atoms with Crippen molar-refractivity contribution in [1.82, 2.24) is 9.80 Å². The lowest BCUT2D eigenvalue weighted by Gasteiger charge is -2.50. The summed E-state index contributed by atoms with van der Waals surface area (Å²) in [6, 6.07) is 9.45. The van der Waals surface area contributed by atoms with E-state index in [0.29, 0.717) is 26.2 Å². The molecule has 2 heterocycles. The molecule has 3 rings (SSSR count). The van der Waals surface area contributed by atoms with Crippen LogP contribution in [0.5, 0.6) is 0 Å². The summed E-state index contributed by atoms with van der Waals surface area (Å²) in [6.07, 6.45) is -0.774. The summed E-state index contributed by atoms with van der Waals surface area (Å²) in [5, 5.41) is 9.32. The first kappa shape index (κ1) is 21.9.